The number of piperazine rings is 1. The number of rotatable bonds is 2. The number of hydrogen-bond donors (Lipinski definition) is 0. The highest BCUT2D eigenvalue weighted by Crippen LogP contribution is 2.24. The largest absolute Gasteiger partial charge is 0.444 e. The summed E-state index contributed by atoms with van der Waals surface area (Å²) in [5.74, 6) is 0. The van der Waals surface area contributed by atoms with Crippen molar-refractivity contribution in [1.29, 1.82) is 0 Å². The molecule has 0 bridgehead atoms. The van der Waals surface area contributed by atoms with Crippen molar-refractivity contribution in [2.45, 2.75) is 26.4 Å². The van der Waals surface area contributed by atoms with Crippen LogP contribution in [0.3, 0.4) is 0 Å². The Labute approximate surface area is 163 Å². The molecule has 0 radical (unpaired) electrons. The summed E-state index contributed by atoms with van der Waals surface area (Å²) in [7, 11) is 1.43. The Kier molecular flexibility index (Phi) is 5.64. The lowest BCUT2D eigenvalue weighted by atomic mass is 10.2. The highest BCUT2D eigenvalue weighted by atomic mass is 16.7. The predicted molar refractivity (Wildman–Crippen MR) is 104 cm³/mol. The predicted octanol–water partition coefficient (Wildman–Crippen LogP) is 2.67. The van der Waals surface area contributed by atoms with Crippen molar-refractivity contribution in [2.75, 3.05) is 38.4 Å². The molecule has 0 N–H and O–H groups in total. The van der Waals surface area contributed by atoms with Crippen LogP contribution in [-0.2, 0) is 9.57 Å². The van der Waals surface area contributed by atoms with Crippen LogP contribution in [0.4, 0.5) is 15.3 Å². The fourth-order valence-corrected chi connectivity index (χ4v) is 2.94. The number of hydrogen-bond acceptors (Lipinski definition) is 6. The number of nitrogens with zero attached hydrogens (tertiary/aromatic N) is 5. The van der Waals surface area contributed by atoms with E-state index in [1.807, 2.05) is 26.8 Å². The number of carbonyl (C=O) groups is 2. The lowest BCUT2D eigenvalue weighted by Gasteiger charge is -2.37. The van der Waals surface area contributed by atoms with E-state index >= 15 is 0 Å². The minimum absolute atomic E-state index is 0.315. The molecule has 2 aromatic heterocycles. The molecule has 9 heteroatoms. The van der Waals surface area contributed by atoms with Gasteiger partial charge in [-0.1, -0.05) is 0 Å². The molecular formula is C19H25N5O4. The van der Waals surface area contributed by atoms with Gasteiger partial charge in [0.25, 0.3) is 0 Å². The van der Waals surface area contributed by atoms with Crippen molar-refractivity contribution < 1.29 is 19.2 Å². The minimum Gasteiger partial charge on any atom is -0.444 e. The second-order valence-corrected chi connectivity index (χ2v) is 7.42. The van der Waals surface area contributed by atoms with E-state index in [1.165, 1.54) is 12.2 Å². The molecule has 3 rings (SSSR count). The van der Waals surface area contributed by atoms with Gasteiger partial charge in [-0.3, -0.25) is 14.8 Å². The first kappa shape index (κ1) is 19.8. The Bertz CT molecular complexity index is 854. The van der Waals surface area contributed by atoms with Crippen molar-refractivity contribution >= 4 is 28.8 Å². The average molecular weight is 387 g/mol. The lowest BCUT2D eigenvalue weighted by molar-refractivity contribution is 0.0163. The average Bonchev–Trinajstić information content (AvgIpc) is 2.67. The second-order valence-electron chi connectivity index (χ2n) is 7.42. The maximum Gasteiger partial charge on any atom is 0.410 e. The van der Waals surface area contributed by atoms with Gasteiger partial charge >= 0.3 is 12.1 Å². The molecule has 0 atom stereocenters. The topological polar surface area (TPSA) is 88.1 Å². The van der Waals surface area contributed by atoms with Crippen LogP contribution in [-0.4, -0.2) is 70.8 Å². The van der Waals surface area contributed by atoms with Gasteiger partial charge in [-0.2, -0.15) is 5.06 Å². The summed E-state index contributed by atoms with van der Waals surface area (Å²) in [4.78, 5) is 42.4. The summed E-state index contributed by atoms with van der Waals surface area (Å²) < 4.78 is 5.39. The van der Waals surface area contributed by atoms with Gasteiger partial charge in [-0.05, 0) is 39.0 Å². The smallest absolute Gasteiger partial charge is 0.410 e. The highest BCUT2D eigenvalue weighted by molar-refractivity contribution is 5.98. The number of aromatic nitrogens is 2. The number of amides is 3. The number of ether oxygens (including phenoxy) is 1. The maximum absolute atomic E-state index is 13.0. The first-order valence-electron chi connectivity index (χ1n) is 9.11. The highest BCUT2D eigenvalue weighted by Gasteiger charge is 2.31. The molecule has 3 heterocycles. The second kappa shape index (κ2) is 7.97. The Morgan fingerprint density at radius 2 is 1.71 bits per heavy atom. The monoisotopic (exact) mass is 387 g/mol. The van der Waals surface area contributed by atoms with Crippen LogP contribution in [0.1, 0.15) is 20.8 Å². The van der Waals surface area contributed by atoms with Crippen LogP contribution in [0, 0.1) is 0 Å². The van der Waals surface area contributed by atoms with Gasteiger partial charge in [-0.15, -0.1) is 0 Å². The molecule has 2 aromatic rings. The van der Waals surface area contributed by atoms with Crippen LogP contribution in [0.2, 0.25) is 0 Å². The van der Waals surface area contributed by atoms with Crippen LogP contribution in [0.5, 0.6) is 0 Å². The minimum atomic E-state index is -0.549. The summed E-state index contributed by atoms with van der Waals surface area (Å²) in [6.07, 6.45) is 2.89. The molecular weight excluding hydrogens is 362 g/mol. The van der Waals surface area contributed by atoms with Gasteiger partial charge in [0.15, 0.2) is 0 Å². The van der Waals surface area contributed by atoms with E-state index in [2.05, 4.69) is 9.97 Å². The number of anilines is 1. The first-order valence-corrected chi connectivity index (χ1v) is 9.11. The van der Waals surface area contributed by atoms with E-state index in [9.17, 15) is 9.59 Å². The quantitative estimate of drug-likeness (QED) is 0.736. The summed E-state index contributed by atoms with van der Waals surface area (Å²) >= 11 is 0. The molecule has 1 fully saturated rings. The molecule has 1 aliphatic heterocycles. The first-order chi connectivity index (χ1) is 13.3. The molecule has 1 saturated heterocycles. The van der Waals surface area contributed by atoms with Crippen molar-refractivity contribution in [3.05, 3.63) is 30.6 Å². The number of fused-ring (bicyclic) bond motifs is 1. The lowest BCUT2D eigenvalue weighted by Crippen LogP contribution is -2.54. The van der Waals surface area contributed by atoms with Gasteiger partial charge < -0.3 is 14.5 Å². The molecule has 0 aliphatic carbocycles. The Morgan fingerprint density at radius 3 is 2.36 bits per heavy atom. The molecule has 3 amide bonds. The Hall–Kier alpha value is -2.94. The van der Waals surface area contributed by atoms with Gasteiger partial charge in [0.1, 0.15) is 16.8 Å². The standard InChI is InChI=1S/C19H25N5O4/c1-19(2,3)28-18(26)23-12-10-22(11-13-23)17(25)24(27-4)15-7-9-20-14-6-5-8-21-16(14)15/h5-9H,10-13H2,1-4H3. The maximum atomic E-state index is 13.0. The third-order valence-corrected chi connectivity index (χ3v) is 4.25. The number of urea groups is 1. The molecule has 28 heavy (non-hydrogen) atoms. The van der Waals surface area contributed by atoms with Crippen molar-refractivity contribution in [3.8, 4) is 0 Å². The summed E-state index contributed by atoms with van der Waals surface area (Å²) in [5.41, 5.74) is 1.22. The summed E-state index contributed by atoms with van der Waals surface area (Å²) in [6, 6.07) is 4.98. The third kappa shape index (κ3) is 4.30. The van der Waals surface area contributed by atoms with Crippen molar-refractivity contribution in [2.24, 2.45) is 0 Å². The van der Waals surface area contributed by atoms with Crippen LogP contribution >= 0.6 is 0 Å². The van der Waals surface area contributed by atoms with E-state index in [4.69, 9.17) is 9.57 Å². The van der Waals surface area contributed by atoms with Crippen molar-refractivity contribution in [3.63, 3.8) is 0 Å². The zero-order valence-electron chi connectivity index (χ0n) is 16.6. The van der Waals surface area contributed by atoms with Crippen LogP contribution in [0.15, 0.2) is 30.6 Å². The number of pyridine rings is 2. The number of hydroxylamine groups is 1. The van der Waals surface area contributed by atoms with E-state index in [0.29, 0.717) is 42.9 Å². The van der Waals surface area contributed by atoms with E-state index in [-0.39, 0.29) is 12.1 Å². The Morgan fingerprint density at radius 1 is 1.04 bits per heavy atom. The van der Waals surface area contributed by atoms with E-state index in [1.54, 1.807) is 34.3 Å². The van der Waals surface area contributed by atoms with Gasteiger partial charge in [0.05, 0.1) is 12.6 Å². The normalized spacial score (nSPS) is 14.9. The molecule has 150 valence electrons. The van der Waals surface area contributed by atoms with Crippen LogP contribution in [0.25, 0.3) is 11.0 Å². The van der Waals surface area contributed by atoms with Gasteiger partial charge in [0.2, 0.25) is 0 Å². The molecule has 0 aromatic carbocycles. The fraction of sp³-hybridized carbons (Fsp3) is 0.474. The zero-order chi connectivity index (χ0) is 20.3. The third-order valence-electron chi connectivity index (χ3n) is 4.25. The number of carbonyl (C=O) groups excluding carboxylic acids is 2. The van der Waals surface area contributed by atoms with E-state index in [0.717, 1.165) is 0 Å². The molecule has 1 aliphatic rings. The summed E-state index contributed by atoms with van der Waals surface area (Å²) in [5, 5.41) is 1.21. The van der Waals surface area contributed by atoms with Crippen molar-refractivity contribution in [1.82, 2.24) is 19.8 Å². The van der Waals surface area contributed by atoms with Crippen LogP contribution < -0.4 is 5.06 Å². The Balaban J connectivity index is 1.70. The molecule has 0 saturated carbocycles. The molecule has 9 nitrogen and oxygen atoms in total. The van der Waals surface area contributed by atoms with Gasteiger partial charge in [0, 0.05) is 38.6 Å². The van der Waals surface area contributed by atoms with Gasteiger partial charge in [-0.25, -0.2) is 9.59 Å². The molecule has 0 spiro atoms. The fourth-order valence-electron chi connectivity index (χ4n) is 2.94. The molecule has 0 unspecified atom stereocenters. The SMILES string of the molecule is CON(C(=O)N1CCN(C(=O)OC(C)(C)C)CC1)c1ccnc2cccnc12. The summed E-state index contributed by atoms with van der Waals surface area (Å²) in [6.45, 7) is 7.04. The van der Waals surface area contributed by atoms with E-state index < -0.39 is 5.60 Å². The zero-order valence-corrected chi connectivity index (χ0v) is 16.6.